The van der Waals surface area contributed by atoms with Crippen molar-refractivity contribution in [2.24, 2.45) is 5.10 Å². The summed E-state index contributed by atoms with van der Waals surface area (Å²) in [6, 6.07) is 11.4. The number of alkyl halides is 3. The van der Waals surface area contributed by atoms with Crippen molar-refractivity contribution in [1.82, 2.24) is 0 Å². The Morgan fingerprint density at radius 3 is 2.54 bits per heavy atom. The summed E-state index contributed by atoms with van der Waals surface area (Å²) in [7, 11) is 0. The highest BCUT2D eigenvalue weighted by Crippen LogP contribution is 2.34. The number of non-ortho nitro benzene ring substituents is 1. The molecule has 0 fully saturated rings. The van der Waals surface area contributed by atoms with E-state index < -0.39 is 34.3 Å². The van der Waals surface area contributed by atoms with Crippen molar-refractivity contribution in [3.05, 3.63) is 87.2 Å². The molecule has 3 aromatic rings. The SMILES string of the molecule is Cc1ccc([N+](=O)[O-])cc1-c1ccc(/C=C2\C(=O)N(c3cccc(C(=O)[O-])c3)N=C2C(F)(F)F)o1. The number of hydrogen-bond acceptors (Lipinski definition) is 7. The van der Waals surface area contributed by atoms with Crippen LogP contribution >= 0.6 is 0 Å². The second-order valence-corrected chi connectivity index (χ2v) is 7.42. The van der Waals surface area contributed by atoms with Gasteiger partial charge in [-0.2, -0.15) is 23.3 Å². The maximum atomic E-state index is 13.7. The lowest BCUT2D eigenvalue weighted by Gasteiger charge is -2.13. The first-order chi connectivity index (χ1) is 16.5. The number of halogens is 3. The van der Waals surface area contributed by atoms with Gasteiger partial charge >= 0.3 is 6.18 Å². The van der Waals surface area contributed by atoms with E-state index in [1.807, 2.05) is 0 Å². The van der Waals surface area contributed by atoms with Gasteiger partial charge in [-0.3, -0.25) is 14.9 Å². The standard InChI is InChI=1S/C23H14F3N3O6/c1-12-5-6-15(29(33)34)10-17(12)19-8-7-16(35-19)11-18-20(23(24,25)26)27-28(21(18)30)14-4-2-3-13(9-14)22(31)32/h2-11H,1H3,(H,31,32)/p-1/b18-11-. The molecule has 1 aliphatic heterocycles. The highest BCUT2D eigenvalue weighted by molar-refractivity contribution is 6.34. The van der Waals surface area contributed by atoms with Crippen LogP contribution < -0.4 is 10.1 Å². The van der Waals surface area contributed by atoms with Gasteiger partial charge in [0.25, 0.3) is 11.6 Å². The van der Waals surface area contributed by atoms with Crippen molar-refractivity contribution in [2.45, 2.75) is 13.1 Å². The van der Waals surface area contributed by atoms with E-state index in [1.54, 1.807) is 6.92 Å². The Hall–Kier alpha value is -4.74. The zero-order valence-corrected chi connectivity index (χ0v) is 17.7. The van der Waals surface area contributed by atoms with Crippen LogP contribution in [0.15, 0.2) is 69.7 Å². The van der Waals surface area contributed by atoms with E-state index in [4.69, 9.17) is 4.42 Å². The number of furan rings is 1. The first-order valence-electron chi connectivity index (χ1n) is 9.84. The Balaban J connectivity index is 1.74. The summed E-state index contributed by atoms with van der Waals surface area (Å²) in [5, 5.41) is 26.0. The molecule has 4 rings (SSSR count). The molecule has 0 radical (unpaired) electrons. The number of aromatic carboxylic acids is 1. The van der Waals surface area contributed by atoms with Crippen LogP contribution in [-0.2, 0) is 4.79 Å². The first kappa shape index (κ1) is 23.4. The van der Waals surface area contributed by atoms with E-state index in [-0.39, 0.29) is 28.5 Å². The molecule has 0 unspecified atom stereocenters. The monoisotopic (exact) mass is 484 g/mol. The summed E-state index contributed by atoms with van der Waals surface area (Å²) in [5.41, 5.74) is -2.09. The maximum Gasteiger partial charge on any atom is 0.435 e. The van der Waals surface area contributed by atoms with E-state index in [0.717, 1.165) is 18.2 Å². The highest BCUT2D eigenvalue weighted by Gasteiger charge is 2.47. The molecule has 178 valence electrons. The maximum absolute atomic E-state index is 13.7. The lowest BCUT2D eigenvalue weighted by molar-refractivity contribution is -0.384. The minimum atomic E-state index is -5.01. The average Bonchev–Trinajstić information content (AvgIpc) is 3.39. The van der Waals surface area contributed by atoms with Crippen LogP contribution in [0.25, 0.3) is 17.4 Å². The quantitative estimate of drug-likeness (QED) is 0.307. The highest BCUT2D eigenvalue weighted by atomic mass is 19.4. The number of nitro groups is 1. The molecule has 0 spiro atoms. The van der Waals surface area contributed by atoms with Gasteiger partial charge in [0.05, 0.1) is 22.2 Å². The predicted octanol–water partition coefficient (Wildman–Crippen LogP) is 3.88. The fourth-order valence-electron chi connectivity index (χ4n) is 3.40. The van der Waals surface area contributed by atoms with Crippen molar-refractivity contribution in [1.29, 1.82) is 0 Å². The molecule has 35 heavy (non-hydrogen) atoms. The Labute approximate surface area is 194 Å². The molecular formula is C23H13F3N3O6-. The van der Waals surface area contributed by atoms with Gasteiger partial charge in [0.1, 0.15) is 11.5 Å². The average molecular weight is 484 g/mol. The van der Waals surface area contributed by atoms with E-state index >= 15 is 0 Å². The van der Waals surface area contributed by atoms with Gasteiger partial charge in [-0.25, -0.2) is 0 Å². The number of carboxylic acids is 1. The van der Waals surface area contributed by atoms with Gasteiger partial charge in [-0.1, -0.05) is 18.2 Å². The number of carboxylic acid groups (broad SMARTS) is 1. The number of nitro benzene ring substituents is 1. The molecule has 2 heterocycles. The number of nitrogens with zero attached hydrogens (tertiary/aromatic N) is 3. The second kappa shape index (κ2) is 8.56. The third-order valence-corrected chi connectivity index (χ3v) is 5.08. The van der Waals surface area contributed by atoms with Crippen LogP contribution in [0.4, 0.5) is 24.5 Å². The Morgan fingerprint density at radius 1 is 1.14 bits per heavy atom. The van der Waals surface area contributed by atoms with Crippen LogP contribution in [0.2, 0.25) is 0 Å². The fraction of sp³-hybridized carbons (Fsp3) is 0.0870. The molecule has 12 heteroatoms. The van der Waals surface area contributed by atoms with Crippen LogP contribution in [-0.4, -0.2) is 28.7 Å². The summed E-state index contributed by atoms with van der Waals surface area (Å²) in [6.07, 6.45) is -4.15. The van der Waals surface area contributed by atoms with Gasteiger partial charge < -0.3 is 14.3 Å². The zero-order valence-electron chi connectivity index (χ0n) is 17.7. The lowest BCUT2D eigenvalue weighted by Crippen LogP contribution is -2.26. The number of benzene rings is 2. The molecule has 0 saturated heterocycles. The molecule has 0 N–H and O–H groups in total. The number of rotatable bonds is 5. The molecule has 9 nitrogen and oxygen atoms in total. The number of carbonyl (C=O) groups excluding carboxylic acids is 2. The summed E-state index contributed by atoms with van der Waals surface area (Å²) in [6.45, 7) is 1.67. The second-order valence-electron chi connectivity index (χ2n) is 7.42. The zero-order chi connectivity index (χ0) is 25.5. The summed E-state index contributed by atoms with van der Waals surface area (Å²) < 4.78 is 46.6. The molecule has 0 saturated carbocycles. The molecule has 0 aliphatic carbocycles. The minimum absolute atomic E-state index is 0.128. The van der Waals surface area contributed by atoms with E-state index in [9.17, 15) is 38.0 Å². The largest absolute Gasteiger partial charge is 0.545 e. The number of anilines is 1. The Kier molecular flexibility index (Phi) is 5.73. The van der Waals surface area contributed by atoms with Crippen LogP contribution in [0, 0.1) is 17.0 Å². The molecule has 1 aliphatic rings. The molecule has 2 aromatic carbocycles. The van der Waals surface area contributed by atoms with Gasteiger partial charge in [-0.15, -0.1) is 0 Å². The van der Waals surface area contributed by atoms with Gasteiger partial charge in [0.15, 0.2) is 5.71 Å². The Bertz CT molecular complexity index is 1440. The molecule has 1 aromatic heterocycles. The number of hydrogen-bond donors (Lipinski definition) is 0. The minimum Gasteiger partial charge on any atom is -0.545 e. The summed E-state index contributed by atoms with van der Waals surface area (Å²) in [5.74, 6) is -2.71. The molecule has 1 amide bonds. The first-order valence-corrected chi connectivity index (χ1v) is 9.84. The van der Waals surface area contributed by atoms with Crippen LogP contribution in [0.1, 0.15) is 21.7 Å². The summed E-state index contributed by atoms with van der Waals surface area (Å²) in [4.78, 5) is 34.4. The van der Waals surface area contributed by atoms with Gasteiger partial charge in [-0.05, 0) is 48.4 Å². The summed E-state index contributed by atoms with van der Waals surface area (Å²) >= 11 is 0. The van der Waals surface area contributed by atoms with E-state index in [0.29, 0.717) is 16.1 Å². The van der Waals surface area contributed by atoms with Crippen LogP contribution in [0.3, 0.4) is 0 Å². The number of carbonyl (C=O) groups is 2. The third kappa shape index (κ3) is 4.53. The normalized spacial score (nSPS) is 15.0. The van der Waals surface area contributed by atoms with E-state index in [1.165, 1.54) is 42.5 Å². The van der Waals surface area contributed by atoms with E-state index in [2.05, 4.69) is 5.10 Å². The van der Waals surface area contributed by atoms with Crippen molar-refractivity contribution in [2.75, 3.05) is 5.01 Å². The smallest absolute Gasteiger partial charge is 0.435 e. The topological polar surface area (TPSA) is 129 Å². The number of hydrazone groups is 1. The van der Waals surface area contributed by atoms with Crippen LogP contribution in [0.5, 0.6) is 0 Å². The van der Waals surface area contributed by atoms with Crippen molar-refractivity contribution < 1.29 is 37.2 Å². The van der Waals surface area contributed by atoms with Gasteiger partial charge in [0, 0.05) is 17.7 Å². The molecular weight excluding hydrogens is 471 g/mol. The molecule has 0 bridgehead atoms. The Morgan fingerprint density at radius 2 is 1.89 bits per heavy atom. The number of aryl methyl sites for hydroxylation is 1. The van der Waals surface area contributed by atoms with Crippen molar-refractivity contribution in [3.8, 4) is 11.3 Å². The lowest BCUT2D eigenvalue weighted by atomic mass is 10.1. The fourth-order valence-corrected chi connectivity index (χ4v) is 3.40. The predicted molar refractivity (Wildman–Crippen MR) is 115 cm³/mol. The van der Waals surface area contributed by atoms with Crippen molar-refractivity contribution >= 4 is 35.0 Å². The molecule has 0 atom stereocenters. The van der Waals surface area contributed by atoms with Gasteiger partial charge in [0.2, 0.25) is 0 Å². The third-order valence-electron chi connectivity index (χ3n) is 5.08. The number of amides is 1. The van der Waals surface area contributed by atoms with Crippen molar-refractivity contribution in [3.63, 3.8) is 0 Å².